The molecule has 1 N–H and O–H groups in total. The number of aromatic nitrogens is 2. The Morgan fingerprint density at radius 3 is 2.95 bits per heavy atom. The van der Waals surface area contributed by atoms with Gasteiger partial charge < -0.3 is 9.88 Å². The molecule has 0 radical (unpaired) electrons. The molecule has 0 fully saturated rings. The van der Waals surface area contributed by atoms with Gasteiger partial charge >= 0.3 is 0 Å². The number of anilines is 1. The van der Waals surface area contributed by atoms with E-state index in [0.29, 0.717) is 6.04 Å². The first-order chi connectivity index (χ1) is 9.75. The molecule has 0 spiro atoms. The predicted molar refractivity (Wildman–Crippen MR) is 83.0 cm³/mol. The Hall–Kier alpha value is -1.77. The zero-order chi connectivity index (χ0) is 13.9. The van der Waals surface area contributed by atoms with Crippen LogP contribution in [0.25, 0.3) is 0 Å². The van der Waals surface area contributed by atoms with Crippen molar-refractivity contribution in [3.8, 4) is 0 Å². The molecule has 0 atom stereocenters. The van der Waals surface area contributed by atoms with E-state index in [1.54, 1.807) is 0 Å². The third-order valence-electron chi connectivity index (χ3n) is 4.16. The third kappa shape index (κ3) is 2.58. The van der Waals surface area contributed by atoms with Crippen molar-refractivity contribution in [2.75, 3.05) is 5.32 Å². The maximum atomic E-state index is 4.27. The van der Waals surface area contributed by atoms with Crippen LogP contribution in [0.3, 0.4) is 0 Å². The van der Waals surface area contributed by atoms with E-state index in [9.17, 15) is 0 Å². The van der Waals surface area contributed by atoms with Crippen LogP contribution in [0.5, 0.6) is 0 Å². The van der Waals surface area contributed by atoms with Crippen LogP contribution in [-0.4, -0.2) is 9.55 Å². The summed E-state index contributed by atoms with van der Waals surface area (Å²) in [5.41, 5.74) is 5.60. The van der Waals surface area contributed by atoms with Crippen molar-refractivity contribution in [2.45, 2.75) is 52.1 Å². The zero-order valence-electron chi connectivity index (χ0n) is 12.4. The standard InChI is InChI=1S/C17H23N3/c1-13(2)20-12-18-10-15(20)11-19-17-9-5-7-14-6-3-4-8-16(14)17/h5,7,9-10,12-13,19H,3-4,6,8,11H2,1-2H3. The fourth-order valence-corrected chi connectivity index (χ4v) is 3.07. The molecule has 1 aromatic heterocycles. The molecular formula is C17H23N3. The summed E-state index contributed by atoms with van der Waals surface area (Å²) >= 11 is 0. The molecule has 0 aliphatic heterocycles. The van der Waals surface area contributed by atoms with Gasteiger partial charge in [-0.25, -0.2) is 4.98 Å². The van der Waals surface area contributed by atoms with Crippen LogP contribution in [-0.2, 0) is 19.4 Å². The molecule has 106 valence electrons. The van der Waals surface area contributed by atoms with Gasteiger partial charge in [0, 0.05) is 17.9 Å². The highest BCUT2D eigenvalue weighted by molar-refractivity contribution is 5.55. The molecule has 0 bridgehead atoms. The van der Waals surface area contributed by atoms with Gasteiger partial charge in [-0.2, -0.15) is 0 Å². The lowest BCUT2D eigenvalue weighted by Crippen LogP contribution is -2.11. The number of nitrogens with one attached hydrogen (secondary N) is 1. The van der Waals surface area contributed by atoms with E-state index in [0.717, 1.165) is 6.54 Å². The van der Waals surface area contributed by atoms with Crippen LogP contribution in [0.2, 0.25) is 0 Å². The lowest BCUT2D eigenvalue weighted by molar-refractivity contribution is 0.577. The topological polar surface area (TPSA) is 29.9 Å². The summed E-state index contributed by atoms with van der Waals surface area (Å²) in [6, 6.07) is 7.11. The number of aryl methyl sites for hydroxylation is 1. The largest absolute Gasteiger partial charge is 0.379 e. The van der Waals surface area contributed by atoms with Crippen LogP contribution < -0.4 is 5.32 Å². The van der Waals surface area contributed by atoms with Gasteiger partial charge in [0.05, 0.1) is 18.6 Å². The summed E-state index contributed by atoms with van der Waals surface area (Å²) < 4.78 is 2.22. The number of fused-ring (bicyclic) bond motifs is 1. The Morgan fingerprint density at radius 1 is 1.25 bits per heavy atom. The Labute approximate surface area is 121 Å². The summed E-state index contributed by atoms with van der Waals surface area (Å²) in [4.78, 5) is 4.27. The van der Waals surface area contributed by atoms with Crippen molar-refractivity contribution >= 4 is 5.69 Å². The molecular weight excluding hydrogens is 246 g/mol. The second kappa shape index (κ2) is 5.70. The fraction of sp³-hybridized carbons (Fsp3) is 0.471. The minimum Gasteiger partial charge on any atom is -0.379 e. The molecule has 2 aromatic rings. The molecule has 0 unspecified atom stereocenters. The average molecular weight is 269 g/mol. The Morgan fingerprint density at radius 2 is 2.10 bits per heavy atom. The molecule has 0 saturated carbocycles. The molecule has 0 amide bonds. The van der Waals surface area contributed by atoms with E-state index in [-0.39, 0.29) is 0 Å². The summed E-state index contributed by atoms with van der Waals surface area (Å²) in [5.74, 6) is 0. The summed E-state index contributed by atoms with van der Waals surface area (Å²) in [7, 11) is 0. The summed E-state index contributed by atoms with van der Waals surface area (Å²) in [6.45, 7) is 5.22. The predicted octanol–water partition coefficient (Wildman–Crippen LogP) is 3.95. The second-order valence-electron chi connectivity index (χ2n) is 5.89. The van der Waals surface area contributed by atoms with E-state index in [4.69, 9.17) is 0 Å². The molecule has 20 heavy (non-hydrogen) atoms. The van der Waals surface area contributed by atoms with Crippen LogP contribution in [0.15, 0.2) is 30.7 Å². The number of benzene rings is 1. The van der Waals surface area contributed by atoms with Crippen LogP contribution >= 0.6 is 0 Å². The molecule has 3 heteroatoms. The van der Waals surface area contributed by atoms with Crippen molar-refractivity contribution in [2.24, 2.45) is 0 Å². The fourth-order valence-electron chi connectivity index (χ4n) is 3.07. The highest BCUT2D eigenvalue weighted by Gasteiger charge is 2.13. The van der Waals surface area contributed by atoms with Crippen molar-refractivity contribution in [3.63, 3.8) is 0 Å². The number of nitrogens with zero attached hydrogens (tertiary/aromatic N) is 2. The van der Waals surface area contributed by atoms with Crippen LogP contribution in [0.1, 0.15) is 49.6 Å². The van der Waals surface area contributed by atoms with Gasteiger partial charge in [0.1, 0.15) is 0 Å². The van der Waals surface area contributed by atoms with Crippen LogP contribution in [0.4, 0.5) is 5.69 Å². The minimum atomic E-state index is 0.457. The van der Waals surface area contributed by atoms with Gasteiger partial charge in [0.15, 0.2) is 0 Å². The van der Waals surface area contributed by atoms with Gasteiger partial charge in [-0.05, 0) is 56.7 Å². The molecule has 0 saturated heterocycles. The molecule has 1 heterocycles. The average Bonchev–Trinajstić information content (AvgIpc) is 2.93. The molecule has 3 nitrogen and oxygen atoms in total. The quantitative estimate of drug-likeness (QED) is 0.910. The third-order valence-corrected chi connectivity index (χ3v) is 4.16. The molecule has 1 aliphatic rings. The normalized spacial score (nSPS) is 14.3. The van der Waals surface area contributed by atoms with E-state index in [1.165, 1.54) is 48.2 Å². The van der Waals surface area contributed by atoms with Gasteiger partial charge in [-0.15, -0.1) is 0 Å². The second-order valence-corrected chi connectivity index (χ2v) is 5.89. The van der Waals surface area contributed by atoms with Crippen molar-refractivity contribution < 1.29 is 0 Å². The Bertz CT molecular complexity index is 584. The smallest absolute Gasteiger partial charge is 0.0951 e. The summed E-state index contributed by atoms with van der Waals surface area (Å²) in [6.07, 6.45) is 8.97. The maximum absolute atomic E-state index is 4.27. The highest BCUT2D eigenvalue weighted by Crippen LogP contribution is 2.28. The van der Waals surface area contributed by atoms with Crippen LogP contribution in [0, 0.1) is 0 Å². The lowest BCUT2D eigenvalue weighted by Gasteiger charge is -2.20. The number of hydrogen-bond donors (Lipinski definition) is 1. The number of hydrogen-bond acceptors (Lipinski definition) is 2. The first-order valence-corrected chi connectivity index (χ1v) is 7.61. The SMILES string of the molecule is CC(C)n1cncc1CNc1cccc2c1CCCC2. The zero-order valence-corrected chi connectivity index (χ0v) is 12.4. The minimum absolute atomic E-state index is 0.457. The molecule has 3 rings (SSSR count). The van der Waals surface area contributed by atoms with E-state index < -0.39 is 0 Å². The lowest BCUT2D eigenvalue weighted by atomic mass is 9.90. The number of rotatable bonds is 4. The highest BCUT2D eigenvalue weighted by atomic mass is 15.1. The molecule has 1 aliphatic carbocycles. The van der Waals surface area contributed by atoms with E-state index in [2.05, 4.69) is 46.9 Å². The maximum Gasteiger partial charge on any atom is 0.0951 e. The number of imidazole rings is 1. The van der Waals surface area contributed by atoms with E-state index >= 15 is 0 Å². The van der Waals surface area contributed by atoms with Gasteiger partial charge in [0.25, 0.3) is 0 Å². The van der Waals surface area contributed by atoms with Gasteiger partial charge in [-0.1, -0.05) is 12.1 Å². The molecule has 1 aromatic carbocycles. The Balaban J connectivity index is 1.77. The first-order valence-electron chi connectivity index (χ1n) is 7.61. The van der Waals surface area contributed by atoms with Crippen molar-refractivity contribution in [1.82, 2.24) is 9.55 Å². The van der Waals surface area contributed by atoms with Crippen molar-refractivity contribution in [3.05, 3.63) is 47.5 Å². The van der Waals surface area contributed by atoms with Gasteiger partial charge in [-0.3, -0.25) is 0 Å². The monoisotopic (exact) mass is 269 g/mol. The van der Waals surface area contributed by atoms with Gasteiger partial charge in [0.2, 0.25) is 0 Å². The first kappa shape index (κ1) is 13.2. The summed E-state index contributed by atoms with van der Waals surface area (Å²) in [5, 5.41) is 3.61. The van der Waals surface area contributed by atoms with E-state index in [1.807, 2.05) is 12.5 Å². The Kier molecular flexibility index (Phi) is 3.77. The van der Waals surface area contributed by atoms with Crippen molar-refractivity contribution in [1.29, 1.82) is 0 Å².